The van der Waals surface area contributed by atoms with Gasteiger partial charge in [0, 0.05) is 11.5 Å². The summed E-state index contributed by atoms with van der Waals surface area (Å²) in [6, 6.07) is 0.635. The Balaban J connectivity index is 3.82. The summed E-state index contributed by atoms with van der Waals surface area (Å²) < 4.78 is 0. The van der Waals surface area contributed by atoms with E-state index in [9.17, 15) is 0 Å². The Hall–Kier alpha value is -0.570. The summed E-state index contributed by atoms with van der Waals surface area (Å²) >= 11 is 0. The summed E-state index contributed by atoms with van der Waals surface area (Å²) in [5.74, 6) is 1.01. The predicted molar refractivity (Wildman–Crippen MR) is 76.5 cm³/mol. The number of hydrogen-bond acceptors (Lipinski definition) is 2. The van der Waals surface area contributed by atoms with Gasteiger partial charge in [-0.05, 0) is 39.3 Å². The van der Waals surface area contributed by atoms with Gasteiger partial charge in [-0.1, -0.05) is 34.1 Å². The Bertz CT molecular complexity index is 234. The zero-order valence-electron chi connectivity index (χ0n) is 12.5. The summed E-state index contributed by atoms with van der Waals surface area (Å²) in [4.78, 5) is 2.42. The SMILES string of the molecule is CC(C)C(C)N(C)CCCCC(C)(C)C(=N)N. The van der Waals surface area contributed by atoms with Gasteiger partial charge in [-0.3, -0.25) is 5.41 Å². The van der Waals surface area contributed by atoms with E-state index in [0.717, 1.165) is 19.4 Å². The highest BCUT2D eigenvalue weighted by Crippen LogP contribution is 2.22. The van der Waals surface area contributed by atoms with Crippen LogP contribution in [0, 0.1) is 16.7 Å². The molecule has 0 bridgehead atoms. The molecule has 0 amide bonds. The lowest BCUT2D eigenvalue weighted by molar-refractivity contribution is 0.202. The van der Waals surface area contributed by atoms with Crippen LogP contribution in [0.4, 0.5) is 0 Å². The van der Waals surface area contributed by atoms with Crippen molar-refractivity contribution in [3.8, 4) is 0 Å². The van der Waals surface area contributed by atoms with Crippen LogP contribution in [0.5, 0.6) is 0 Å². The van der Waals surface area contributed by atoms with Crippen molar-refractivity contribution in [3.05, 3.63) is 0 Å². The Labute approximate surface area is 107 Å². The molecule has 0 aliphatic carbocycles. The zero-order valence-corrected chi connectivity index (χ0v) is 12.5. The fourth-order valence-corrected chi connectivity index (χ4v) is 1.78. The molecule has 3 heteroatoms. The third kappa shape index (κ3) is 6.06. The quantitative estimate of drug-likeness (QED) is 0.390. The molecular weight excluding hydrogens is 210 g/mol. The predicted octanol–water partition coefficient (Wildman–Crippen LogP) is 3.10. The summed E-state index contributed by atoms with van der Waals surface area (Å²) in [5, 5.41) is 7.51. The highest BCUT2D eigenvalue weighted by molar-refractivity contribution is 5.82. The van der Waals surface area contributed by atoms with Crippen LogP contribution < -0.4 is 5.73 Å². The highest BCUT2D eigenvalue weighted by Gasteiger charge is 2.21. The lowest BCUT2D eigenvalue weighted by Gasteiger charge is -2.28. The fraction of sp³-hybridized carbons (Fsp3) is 0.929. The van der Waals surface area contributed by atoms with Crippen LogP contribution >= 0.6 is 0 Å². The first-order valence-corrected chi connectivity index (χ1v) is 6.73. The Morgan fingerprint density at radius 3 is 2.18 bits per heavy atom. The molecule has 17 heavy (non-hydrogen) atoms. The van der Waals surface area contributed by atoms with E-state index in [1.807, 2.05) is 0 Å². The number of unbranched alkanes of at least 4 members (excludes halogenated alkanes) is 1. The minimum absolute atomic E-state index is 0.137. The molecule has 0 aromatic carbocycles. The third-order valence-electron chi connectivity index (χ3n) is 3.95. The van der Waals surface area contributed by atoms with Crippen molar-refractivity contribution < 1.29 is 0 Å². The first kappa shape index (κ1) is 16.4. The molecule has 1 atom stereocenters. The van der Waals surface area contributed by atoms with Gasteiger partial charge in [-0.2, -0.15) is 0 Å². The van der Waals surface area contributed by atoms with Gasteiger partial charge < -0.3 is 10.6 Å². The van der Waals surface area contributed by atoms with E-state index in [2.05, 4.69) is 46.6 Å². The van der Waals surface area contributed by atoms with Crippen molar-refractivity contribution in [1.82, 2.24) is 4.90 Å². The lowest BCUT2D eigenvalue weighted by Crippen LogP contribution is -2.34. The van der Waals surface area contributed by atoms with E-state index in [4.69, 9.17) is 11.1 Å². The topological polar surface area (TPSA) is 53.1 Å². The molecule has 0 aromatic rings. The molecule has 0 saturated heterocycles. The lowest BCUT2D eigenvalue weighted by atomic mass is 9.86. The molecule has 3 N–H and O–H groups in total. The summed E-state index contributed by atoms with van der Waals surface area (Å²) in [7, 11) is 2.20. The van der Waals surface area contributed by atoms with Gasteiger partial charge in [0.2, 0.25) is 0 Å². The molecule has 0 rings (SSSR count). The van der Waals surface area contributed by atoms with Gasteiger partial charge in [0.25, 0.3) is 0 Å². The number of amidine groups is 1. The van der Waals surface area contributed by atoms with Crippen molar-refractivity contribution in [2.45, 2.75) is 59.9 Å². The van der Waals surface area contributed by atoms with Gasteiger partial charge in [0.05, 0.1) is 5.84 Å². The standard InChI is InChI=1S/C14H31N3/c1-11(2)12(3)17(6)10-8-7-9-14(4,5)13(15)16/h11-12H,7-10H2,1-6H3,(H3,15,16). The van der Waals surface area contributed by atoms with E-state index in [-0.39, 0.29) is 5.41 Å². The summed E-state index contributed by atoms with van der Waals surface area (Å²) in [6.45, 7) is 12.0. The second kappa shape index (κ2) is 7.00. The maximum absolute atomic E-state index is 7.51. The maximum Gasteiger partial charge on any atom is 0.0963 e. The largest absolute Gasteiger partial charge is 0.387 e. The molecule has 0 saturated carbocycles. The highest BCUT2D eigenvalue weighted by atomic mass is 15.1. The minimum atomic E-state index is -0.137. The molecule has 0 aromatic heterocycles. The number of nitrogens with one attached hydrogen (secondary N) is 1. The number of nitrogens with two attached hydrogens (primary N) is 1. The van der Waals surface area contributed by atoms with Gasteiger partial charge in [-0.25, -0.2) is 0 Å². The number of hydrogen-bond donors (Lipinski definition) is 2. The van der Waals surface area contributed by atoms with Crippen LogP contribution in [-0.4, -0.2) is 30.4 Å². The van der Waals surface area contributed by atoms with E-state index >= 15 is 0 Å². The molecule has 102 valence electrons. The van der Waals surface area contributed by atoms with Crippen molar-refractivity contribution in [3.63, 3.8) is 0 Å². The molecule has 0 heterocycles. The Morgan fingerprint density at radius 1 is 1.24 bits per heavy atom. The van der Waals surface area contributed by atoms with Gasteiger partial charge in [0.1, 0.15) is 0 Å². The Morgan fingerprint density at radius 2 is 1.76 bits per heavy atom. The average molecular weight is 241 g/mol. The molecule has 1 unspecified atom stereocenters. The van der Waals surface area contributed by atoms with Crippen molar-refractivity contribution in [1.29, 1.82) is 5.41 Å². The van der Waals surface area contributed by atoms with Crippen LogP contribution in [-0.2, 0) is 0 Å². The first-order valence-electron chi connectivity index (χ1n) is 6.73. The molecular formula is C14H31N3. The second-order valence-corrected chi connectivity index (χ2v) is 6.22. The van der Waals surface area contributed by atoms with Gasteiger partial charge in [0.15, 0.2) is 0 Å². The van der Waals surface area contributed by atoms with E-state index in [0.29, 0.717) is 17.8 Å². The fourth-order valence-electron chi connectivity index (χ4n) is 1.78. The van der Waals surface area contributed by atoms with Gasteiger partial charge in [-0.15, -0.1) is 0 Å². The molecule has 0 aliphatic heterocycles. The van der Waals surface area contributed by atoms with Crippen molar-refractivity contribution in [2.24, 2.45) is 17.1 Å². The molecule has 0 aliphatic rings. The van der Waals surface area contributed by atoms with Crippen molar-refractivity contribution in [2.75, 3.05) is 13.6 Å². The van der Waals surface area contributed by atoms with Crippen LogP contribution in [0.1, 0.15) is 53.9 Å². The Kier molecular flexibility index (Phi) is 6.76. The average Bonchev–Trinajstić information content (AvgIpc) is 2.22. The van der Waals surface area contributed by atoms with Crippen LogP contribution in [0.2, 0.25) is 0 Å². The molecule has 0 radical (unpaired) electrons. The molecule has 0 spiro atoms. The van der Waals surface area contributed by atoms with E-state index in [1.54, 1.807) is 0 Å². The van der Waals surface area contributed by atoms with Crippen LogP contribution in [0.15, 0.2) is 0 Å². The van der Waals surface area contributed by atoms with Crippen LogP contribution in [0.25, 0.3) is 0 Å². The van der Waals surface area contributed by atoms with Crippen LogP contribution in [0.3, 0.4) is 0 Å². The second-order valence-electron chi connectivity index (χ2n) is 6.22. The summed E-state index contributed by atoms with van der Waals surface area (Å²) in [5.41, 5.74) is 5.44. The smallest absolute Gasteiger partial charge is 0.0963 e. The van der Waals surface area contributed by atoms with E-state index in [1.165, 1.54) is 6.42 Å². The number of rotatable bonds is 8. The van der Waals surface area contributed by atoms with Crippen molar-refractivity contribution >= 4 is 5.84 Å². The zero-order chi connectivity index (χ0) is 13.6. The summed E-state index contributed by atoms with van der Waals surface area (Å²) in [6.07, 6.45) is 3.33. The molecule has 0 fully saturated rings. The normalized spacial score (nSPS) is 14.4. The number of nitrogens with zero attached hydrogens (tertiary/aromatic N) is 1. The van der Waals surface area contributed by atoms with E-state index < -0.39 is 0 Å². The monoisotopic (exact) mass is 241 g/mol. The minimum Gasteiger partial charge on any atom is -0.387 e. The van der Waals surface area contributed by atoms with Gasteiger partial charge >= 0.3 is 0 Å². The first-order chi connectivity index (χ1) is 7.68. The maximum atomic E-state index is 7.51. The third-order valence-corrected chi connectivity index (χ3v) is 3.95. The molecule has 3 nitrogen and oxygen atoms in total.